The van der Waals surface area contributed by atoms with Crippen LogP contribution in [0.4, 0.5) is 15.9 Å². The number of rotatable bonds is 4. The van der Waals surface area contributed by atoms with Gasteiger partial charge in [-0.25, -0.2) is 14.4 Å². The van der Waals surface area contributed by atoms with Crippen LogP contribution < -0.4 is 10.1 Å². The molecule has 0 saturated carbocycles. The first-order chi connectivity index (χ1) is 15.3. The predicted molar refractivity (Wildman–Crippen MR) is 122 cm³/mol. The van der Waals surface area contributed by atoms with Crippen molar-refractivity contribution in [3.8, 4) is 16.9 Å². The van der Waals surface area contributed by atoms with Gasteiger partial charge in [-0.2, -0.15) is 0 Å². The summed E-state index contributed by atoms with van der Waals surface area (Å²) >= 11 is 6.02. The molecule has 0 aliphatic heterocycles. The van der Waals surface area contributed by atoms with Crippen molar-refractivity contribution in [1.29, 1.82) is 0 Å². The molecule has 0 bridgehead atoms. The Labute approximate surface area is 187 Å². The number of aryl methyl sites for hydroxylation is 3. The Kier molecular flexibility index (Phi) is 4.74. The molecule has 0 saturated heterocycles. The third-order valence-corrected chi connectivity index (χ3v) is 5.53. The zero-order chi connectivity index (χ0) is 22.6. The number of aromatic amines is 1. The molecule has 0 aliphatic rings. The molecule has 0 radical (unpaired) electrons. The number of benzene rings is 2. The topological polar surface area (TPSA) is 88.9 Å². The van der Waals surface area contributed by atoms with Crippen molar-refractivity contribution < 1.29 is 13.7 Å². The summed E-state index contributed by atoms with van der Waals surface area (Å²) in [7, 11) is 1.62. The van der Waals surface area contributed by atoms with Crippen molar-refractivity contribution in [2.45, 2.75) is 20.8 Å². The van der Waals surface area contributed by atoms with Crippen molar-refractivity contribution >= 4 is 45.0 Å². The van der Waals surface area contributed by atoms with E-state index in [2.05, 4.69) is 25.4 Å². The summed E-state index contributed by atoms with van der Waals surface area (Å²) in [5.74, 6) is 2.02. The number of hydrogen-bond donors (Lipinski definition) is 2. The Morgan fingerprint density at radius 2 is 1.91 bits per heavy atom. The molecule has 0 spiro atoms. The number of methoxy groups -OCH3 is 1. The number of nitrogens with one attached hydrogen (secondary N) is 2. The standard InChI is InChI=1S/C23H19ClFN5O2/c1-10-20(11(2)32-30-10)17-8-18-16(9-19(17)31-4)21-22(26-12(3)27-23(21)29-18)28-15-6-13(24)5-14(25)7-15/h5-9H,1-4H3,(H2,26,27,28,29). The quantitative estimate of drug-likeness (QED) is 0.336. The van der Waals surface area contributed by atoms with Crippen LogP contribution in [-0.4, -0.2) is 27.2 Å². The van der Waals surface area contributed by atoms with Crippen LogP contribution >= 0.6 is 11.6 Å². The normalized spacial score (nSPS) is 11.4. The minimum Gasteiger partial charge on any atom is -0.496 e. The van der Waals surface area contributed by atoms with E-state index in [0.29, 0.717) is 39.5 Å². The number of nitrogens with zero attached hydrogens (tertiary/aromatic N) is 3. The van der Waals surface area contributed by atoms with Crippen LogP contribution in [0, 0.1) is 26.6 Å². The highest BCUT2D eigenvalue weighted by Crippen LogP contribution is 2.41. The van der Waals surface area contributed by atoms with Crippen LogP contribution in [0.1, 0.15) is 17.3 Å². The first-order valence-corrected chi connectivity index (χ1v) is 10.3. The highest BCUT2D eigenvalue weighted by molar-refractivity contribution is 6.30. The number of anilines is 2. The lowest BCUT2D eigenvalue weighted by molar-refractivity contribution is 0.393. The summed E-state index contributed by atoms with van der Waals surface area (Å²) in [5.41, 5.74) is 4.50. The smallest absolute Gasteiger partial charge is 0.144 e. The van der Waals surface area contributed by atoms with Crippen LogP contribution in [0.25, 0.3) is 33.1 Å². The predicted octanol–water partition coefficient (Wildman–Crippen LogP) is 6.24. The summed E-state index contributed by atoms with van der Waals surface area (Å²) in [6, 6.07) is 8.16. The second-order valence-corrected chi connectivity index (χ2v) is 7.98. The molecule has 9 heteroatoms. The Hall–Kier alpha value is -3.65. The zero-order valence-corrected chi connectivity index (χ0v) is 18.6. The lowest BCUT2D eigenvalue weighted by Crippen LogP contribution is -1.99. The van der Waals surface area contributed by atoms with Crippen molar-refractivity contribution in [2.75, 3.05) is 12.4 Å². The van der Waals surface area contributed by atoms with Gasteiger partial charge in [0.2, 0.25) is 0 Å². The summed E-state index contributed by atoms with van der Waals surface area (Å²) in [6.07, 6.45) is 0. The summed E-state index contributed by atoms with van der Waals surface area (Å²) in [5, 5.41) is 9.16. The molecule has 5 aromatic rings. The second-order valence-electron chi connectivity index (χ2n) is 7.55. The fourth-order valence-electron chi connectivity index (χ4n) is 4.02. The number of H-pyrrole nitrogens is 1. The Bertz CT molecular complexity index is 1470. The molecule has 0 aliphatic carbocycles. The monoisotopic (exact) mass is 451 g/mol. The highest BCUT2D eigenvalue weighted by Gasteiger charge is 2.20. The first-order valence-electron chi connectivity index (χ1n) is 9.88. The molecule has 0 amide bonds. The molecule has 0 atom stereocenters. The number of aromatic nitrogens is 4. The molecular weight excluding hydrogens is 433 g/mol. The third kappa shape index (κ3) is 3.33. The summed E-state index contributed by atoms with van der Waals surface area (Å²) in [6.45, 7) is 5.55. The van der Waals surface area contributed by atoms with Gasteiger partial charge in [-0.05, 0) is 51.1 Å². The lowest BCUT2D eigenvalue weighted by atomic mass is 10.0. The van der Waals surface area contributed by atoms with Gasteiger partial charge in [-0.3, -0.25) is 0 Å². The van der Waals surface area contributed by atoms with Crippen molar-refractivity contribution in [3.05, 3.63) is 58.5 Å². The Balaban J connectivity index is 1.75. The first kappa shape index (κ1) is 20.3. The van der Waals surface area contributed by atoms with Gasteiger partial charge in [0, 0.05) is 27.2 Å². The van der Waals surface area contributed by atoms with E-state index in [4.69, 9.17) is 20.9 Å². The van der Waals surface area contributed by atoms with Gasteiger partial charge in [-0.1, -0.05) is 16.8 Å². The minimum atomic E-state index is -0.438. The van der Waals surface area contributed by atoms with Gasteiger partial charge in [0.15, 0.2) is 0 Å². The fourth-order valence-corrected chi connectivity index (χ4v) is 4.24. The van der Waals surface area contributed by atoms with E-state index in [1.54, 1.807) is 20.1 Å². The zero-order valence-electron chi connectivity index (χ0n) is 17.8. The van der Waals surface area contributed by atoms with Crippen molar-refractivity contribution in [2.24, 2.45) is 0 Å². The van der Waals surface area contributed by atoms with Crippen LogP contribution in [0.3, 0.4) is 0 Å². The average Bonchev–Trinajstić information content (AvgIpc) is 3.24. The molecule has 3 aromatic heterocycles. The fraction of sp³-hybridized carbons (Fsp3) is 0.174. The Morgan fingerprint density at radius 1 is 1.09 bits per heavy atom. The Morgan fingerprint density at radius 3 is 2.59 bits per heavy atom. The maximum Gasteiger partial charge on any atom is 0.144 e. The number of fused-ring (bicyclic) bond motifs is 3. The maximum absolute atomic E-state index is 13.9. The van der Waals surface area contributed by atoms with E-state index in [9.17, 15) is 4.39 Å². The van der Waals surface area contributed by atoms with E-state index >= 15 is 0 Å². The summed E-state index contributed by atoms with van der Waals surface area (Å²) < 4.78 is 24.9. The molecule has 32 heavy (non-hydrogen) atoms. The highest BCUT2D eigenvalue weighted by atomic mass is 35.5. The molecule has 2 N–H and O–H groups in total. The van der Waals surface area contributed by atoms with Crippen molar-refractivity contribution in [1.82, 2.24) is 20.1 Å². The molecule has 0 unspecified atom stereocenters. The van der Waals surface area contributed by atoms with Crippen LogP contribution in [-0.2, 0) is 0 Å². The number of halogens is 2. The van der Waals surface area contributed by atoms with Crippen LogP contribution in [0.5, 0.6) is 5.75 Å². The molecule has 2 aromatic carbocycles. The van der Waals surface area contributed by atoms with E-state index in [1.165, 1.54) is 12.1 Å². The molecule has 0 fully saturated rings. The van der Waals surface area contributed by atoms with E-state index < -0.39 is 5.82 Å². The molecule has 7 nitrogen and oxygen atoms in total. The van der Waals surface area contributed by atoms with Gasteiger partial charge < -0.3 is 19.6 Å². The van der Waals surface area contributed by atoms with E-state index in [-0.39, 0.29) is 0 Å². The largest absolute Gasteiger partial charge is 0.496 e. The van der Waals surface area contributed by atoms with Gasteiger partial charge in [0.25, 0.3) is 0 Å². The van der Waals surface area contributed by atoms with Crippen molar-refractivity contribution in [3.63, 3.8) is 0 Å². The SMILES string of the molecule is COc1cc2c(cc1-c1c(C)noc1C)[nH]c1nc(C)nc(Nc3cc(F)cc(Cl)c3)c12. The molecule has 162 valence electrons. The number of hydrogen-bond acceptors (Lipinski definition) is 6. The van der Waals surface area contributed by atoms with E-state index in [0.717, 1.165) is 33.1 Å². The molecule has 5 rings (SSSR count). The molecular formula is C23H19ClFN5O2. The average molecular weight is 452 g/mol. The van der Waals surface area contributed by atoms with Crippen LogP contribution in [0.2, 0.25) is 5.02 Å². The van der Waals surface area contributed by atoms with Gasteiger partial charge in [0.05, 0.1) is 23.8 Å². The number of ether oxygens (including phenoxy) is 1. The minimum absolute atomic E-state index is 0.291. The summed E-state index contributed by atoms with van der Waals surface area (Å²) in [4.78, 5) is 12.5. The van der Waals surface area contributed by atoms with Gasteiger partial charge in [0.1, 0.15) is 34.6 Å². The van der Waals surface area contributed by atoms with Gasteiger partial charge in [-0.15, -0.1) is 0 Å². The van der Waals surface area contributed by atoms with Crippen LogP contribution in [0.15, 0.2) is 34.9 Å². The second kappa shape index (κ2) is 7.49. The lowest BCUT2D eigenvalue weighted by Gasteiger charge is -2.10. The maximum atomic E-state index is 13.9. The van der Waals surface area contributed by atoms with Gasteiger partial charge >= 0.3 is 0 Å². The molecule has 3 heterocycles. The third-order valence-electron chi connectivity index (χ3n) is 5.31. The van der Waals surface area contributed by atoms with E-state index in [1.807, 2.05) is 26.0 Å².